The zero-order valence-corrected chi connectivity index (χ0v) is 9.61. The van der Waals surface area contributed by atoms with E-state index in [0.717, 1.165) is 25.2 Å². The van der Waals surface area contributed by atoms with Crippen molar-refractivity contribution in [3.63, 3.8) is 0 Å². The zero-order chi connectivity index (χ0) is 12.6. The van der Waals surface area contributed by atoms with E-state index in [1.165, 1.54) is 16.2 Å². The third-order valence-corrected chi connectivity index (χ3v) is 3.00. The van der Waals surface area contributed by atoms with Crippen LogP contribution in [0.5, 0.6) is 0 Å². The molecule has 0 saturated carbocycles. The summed E-state index contributed by atoms with van der Waals surface area (Å²) >= 11 is 1.53. The number of rotatable bonds is 0. The van der Waals surface area contributed by atoms with Crippen molar-refractivity contribution in [2.24, 2.45) is 0 Å². The number of nitrogens with zero attached hydrogens (tertiary/aromatic N) is 3. The van der Waals surface area contributed by atoms with Gasteiger partial charge in [-0.3, -0.25) is 4.70 Å². The maximum atomic E-state index is 8.64. The van der Waals surface area contributed by atoms with Gasteiger partial charge in [0, 0.05) is 42.7 Å². The summed E-state index contributed by atoms with van der Waals surface area (Å²) in [6, 6.07) is 2.09. The Balaban J connectivity index is 0. The first-order valence-electron chi connectivity index (χ1n) is 4.15. The van der Waals surface area contributed by atoms with Crippen molar-refractivity contribution in [2.75, 3.05) is 13.6 Å². The van der Waals surface area contributed by atoms with Crippen molar-refractivity contribution < 1.29 is 23.0 Å². The third kappa shape index (κ3) is 5.06. The molecule has 17 heavy (non-hydrogen) atoms. The maximum absolute atomic E-state index is 8.64. The minimum atomic E-state index is 0. The lowest BCUT2D eigenvalue weighted by Crippen LogP contribution is -2.25. The van der Waals surface area contributed by atoms with Crippen molar-refractivity contribution in [1.29, 1.82) is 5.26 Å². The number of hydrogen-bond donors (Lipinski definition) is 0. The van der Waals surface area contributed by atoms with E-state index in [1.54, 1.807) is 0 Å². The Kier molecular flexibility index (Phi) is 10.6. The van der Waals surface area contributed by atoms with Crippen molar-refractivity contribution in [2.45, 2.75) is 13.0 Å². The molecule has 0 saturated heterocycles. The number of likely N-dealkylation sites (N-methyl/N-ethyl adjacent to an activating group) is 1. The summed E-state index contributed by atoms with van der Waals surface area (Å²) in [6.45, 7) is 2.01. The molecule has 0 radical (unpaired) electrons. The predicted molar refractivity (Wildman–Crippen MR) is 53.8 cm³/mol. The Bertz CT molecular complexity index is 351. The first-order chi connectivity index (χ1) is 7.79. The predicted octanol–water partition coefficient (Wildman–Crippen LogP) is 2.84. The molecule has 1 aromatic rings. The average Bonchev–Trinajstić information content (AvgIpc) is 2.76. The van der Waals surface area contributed by atoms with Crippen LogP contribution in [0.25, 0.3) is 0 Å². The first kappa shape index (κ1) is 18.1. The van der Waals surface area contributed by atoms with Crippen molar-refractivity contribution in [3.8, 4) is 6.07 Å². The lowest BCUT2D eigenvalue weighted by Gasteiger charge is -2.20. The second-order valence-electron chi connectivity index (χ2n) is 2.99. The summed E-state index contributed by atoms with van der Waals surface area (Å²) in [4.78, 5) is 7.75. The van der Waals surface area contributed by atoms with Gasteiger partial charge in [0.1, 0.15) is 6.07 Å². The molecule has 3 nitrogen and oxygen atoms in total. The molecule has 0 atom stereocenters. The topological polar surface area (TPSA) is 39.9 Å². The molecule has 0 spiro atoms. The van der Waals surface area contributed by atoms with E-state index in [0.29, 0.717) is 5.01 Å². The number of thiazole rings is 1. The summed E-state index contributed by atoms with van der Waals surface area (Å²) in [6.07, 6.45) is 0.990. The van der Waals surface area contributed by atoms with Crippen LogP contribution in [0.15, 0.2) is 0 Å². The standard InChI is InChI=1S/C8H9N3S.2F2.FH/c1-11-3-2-6-7(5-11)12-8(4-9)10-6;2*1-2;/h2-3,5H2,1H3;;;1H. The van der Waals surface area contributed by atoms with Crippen LogP contribution >= 0.6 is 11.3 Å². The monoisotopic (exact) mass is 275 g/mol. The van der Waals surface area contributed by atoms with E-state index in [4.69, 9.17) is 23.6 Å². The van der Waals surface area contributed by atoms with Gasteiger partial charge in [-0.2, -0.15) is 5.26 Å². The van der Waals surface area contributed by atoms with Gasteiger partial charge in [-0.15, -0.1) is 11.3 Å². The SMILES string of the molecule is CN1CCc2nc(C#N)sc2C1.F.FF.FF. The van der Waals surface area contributed by atoms with Gasteiger partial charge in [-0.25, -0.2) is 4.98 Å². The molecule has 0 aliphatic carbocycles. The normalized spacial score (nSPS) is 12.7. The van der Waals surface area contributed by atoms with Crippen LogP contribution in [-0.2, 0) is 13.0 Å². The van der Waals surface area contributed by atoms with Crippen LogP contribution in [0.3, 0.4) is 0 Å². The molecule has 2 rings (SSSR count). The van der Waals surface area contributed by atoms with Gasteiger partial charge in [0.2, 0.25) is 0 Å². The lowest BCUT2D eigenvalue weighted by molar-refractivity contribution is 0.108. The first-order valence-corrected chi connectivity index (χ1v) is 4.97. The molecule has 2 heterocycles. The van der Waals surface area contributed by atoms with E-state index in [1.807, 2.05) is 0 Å². The molecule has 0 bridgehead atoms. The molecule has 1 aromatic heterocycles. The molecule has 0 unspecified atom stereocenters. The minimum Gasteiger partial charge on any atom is -0.301 e. The van der Waals surface area contributed by atoms with Crippen molar-refractivity contribution in [1.82, 2.24) is 9.88 Å². The van der Waals surface area contributed by atoms with Gasteiger partial charge in [0.25, 0.3) is 0 Å². The highest BCUT2D eigenvalue weighted by molar-refractivity contribution is 7.12. The van der Waals surface area contributed by atoms with Crippen molar-refractivity contribution >= 4 is 11.3 Å². The van der Waals surface area contributed by atoms with Crippen LogP contribution in [-0.4, -0.2) is 23.5 Å². The average molecular weight is 275 g/mol. The molecule has 1 aliphatic heterocycles. The van der Waals surface area contributed by atoms with Gasteiger partial charge in [0.05, 0.1) is 5.69 Å². The zero-order valence-electron chi connectivity index (χ0n) is 8.79. The molecular formula is C8H10F5N3S. The highest BCUT2D eigenvalue weighted by Gasteiger charge is 2.17. The molecular weight excluding hydrogens is 265 g/mol. The van der Waals surface area contributed by atoms with E-state index in [2.05, 4.69) is 23.0 Å². The smallest absolute Gasteiger partial charge is 0.194 e. The number of halogens is 5. The Morgan fingerprint density at radius 2 is 1.94 bits per heavy atom. The lowest BCUT2D eigenvalue weighted by atomic mass is 10.2. The maximum Gasteiger partial charge on any atom is 0.194 e. The molecule has 9 heteroatoms. The Hall–Kier alpha value is -1.27. The van der Waals surface area contributed by atoms with Gasteiger partial charge >= 0.3 is 0 Å². The highest BCUT2D eigenvalue weighted by Crippen LogP contribution is 2.23. The minimum absolute atomic E-state index is 0. The Morgan fingerprint density at radius 1 is 1.35 bits per heavy atom. The molecule has 0 aromatic carbocycles. The highest BCUT2D eigenvalue weighted by atomic mass is 32.1. The summed E-state index contributed by atoms with van der Waals surface area (Å²) in [5.41, 5.74) is 1.13. The van der Waals surface area contributed by atoms with E-state index in [9.17, 15) is 0 Å². The second kappa shape index (κ2) is 9.92. The molecule has 1 aliphatic rings. The quantitative estimate of drug-likeness (QED) is 0.683. The van der Waals surface area contributed by atoms with Gasteiger partial charge in [0.15, 0.2) is 5.01 Å². The van der Waals surface area contributed by atoms with Crippen LogP contribution in [0.2, 0.25) is 0 Å². The summed E-state index contributed by atoms with van der Waals surface area (Å²) < 4.78 is 32.0. The Morgan fingerprint density at radius 3 is 2.47 bits per heavy atom. The fourth-order valence-electron chi connectivity index (χ4n) is 1.37. The summed E-state index contributed by atoms with van der Waals surface area (Å²) in [5.74, 6) is 0. The Labute approximate surface area is 98.4 Å². The second-order valence-corrected chi connectivity index (χ2v) is 4.07. The fraction of sp³-hybridized carbons (Fsp3) is 0.500. The molecule has 0 N–H and O–H groups in total. The largest absolute Gasteiger partial charge is 0.301 e. The van der Waals surface area contributed by atoms with Crippen molar-refractivity contribution in [3.05, 3.63) is 15.6 Å². The van der Waals surface area contributed by atoms with Crippen LogP contribution in [0, 0.1) is 11.3 Å². The van der Waals surface area contributed by atoms with E-state index in [-0.39, 0.29) is 4.70 Å². The molecule has 0 amide bonds. The number of aromatic nitrogens is 1. The third-order valence-electron chi connectivity index (χ3n) is 2.02. The molecule has 0 fully saturated rings. The molecule has 98 valence electrons. The summed E-state index contributed by atoms with van der Waals surface area (Å²) in [7, 11) is 2.09. The number of fused-ring (bicyclic) bond motifs is 1. The van der Waals surface area contributed by atoms with Crippen LogP contribution in [0.1, 0.15) is 15.6 Å². The van der Waals surface area contributed by atoms with E-state index < -0.39 is 0 Å². The van der Waals surface area contributed by atoms with Crippen LogP contribution in [0.4, 0.5) is 23.0 Å². The van der Waals surface area contributed by atoms with Gasteiger partial charge < -0.3 is 4.90 Å². The van der Waals surface area contributed by atoms with Crippen LogP contribution < -0.4 is 0 Å². The fourth-order valence-corrected chi connectivity index (χ4v) is 2.36. The number of hydrogen-bond acceptors (Lipinski definition) is 4. The van der Waals surface area contributed by atoms with Gasteiger partial charge in [-0.1, -0.05) is 0 Å². The summed E-state index contributed by atoms with van der Waals surface area (Å²) in [5, 5.41) is 9.24. The van der Waals surface area contributed by atoms with Gasteiger partial charge in [-0.05, 0) is 7.05 Å². The van der Waals surface area contributed by atoms with E-state index >= 15 is 0 Å². The number of nitriles is 1.